The summed E-state index contributed by atoms with van der Waals surface area (Å²) in [7, 11) is 0. The van der Waals surface area contributed by atoms with Gasteiger partial charge in [-0.2, -0.15) is 0 Å². The molecule has 0 fully saturated rings. The van der Waals surface area contributed by atoms with E-state index in [1.54, 1.807) is 0 Å². The summed E-state index contributed by atoms with van der Waals surface area (Å²) in [5.41, 5.74) is -21.6. The Kier molecular flexibility index (Phi) is 11.8. The standard InChI is InChI=1S/C44H8F20N4.Ni/c45-25-21(26(46)34(54)41(61)33(25)53)17-9-1-2-10(65-9)18(22-27(47)35(55)42(62)36(56)28(22)48)12-5-6-14(67-12)20(24-31(51)39(59)44(64)40(60)32(24)52)16-8-7-15(68-16)19(13-4-3-11(17)66-13)23-29(49)37(57)43(63)38(58)30(23)50;/h1-8H;/q-2;+2. The number of benzene rings is 4. The molecule has 354 valence electrons. The monoisotopic (exact) mass is 1030 g/mol. The number of fused-ring (bicyclic) bond motifs is 8. The summed E-state index contributed by atoms with van der Waals surface area (Å²) in [5.74, 6) is -53.1. The Morgan fingerprint density at radius 3 is 0.522 bits per heavy atom. The molecule has 5 heterocycles. The summed E-state index contributed by atoms with van der Waals surface area (Å²) in [6, 6.07) is 2.26. The molecular weight excluding hydrogens is 1020 g/mol. The van der Waals surface area contributed by atoms with Crippen LogP contribution in [0.25, 0.3) is 90.9 Å². The quantitative estimate of drug-likeness (QED) is 0.0763. The van der Waals surface area contributed by atoms with Gasteiger partial charge < -0.3 is 9.97 Å². The fourth-order valence-corrected chi connectivity index (χ4v) is 7.41. The number of hydrogen-bond donors (Lipinski definition) is 0. The Labute approximate surface area is 377 Å². The van der Waals surface area contributed by atoms with Crippen LogP contribution in [0.2, 0.25) is 0 Å². The first-order chi connectivity index (χ1) is 32.1. The molecule has 25 heteroatoms. The summed E-state index contributed by atoms with van der Waals surface area (Å²) in [6.45, 7) is 0. The molecule has 69 heavy (non-hydrogen) atoms. The van der Waals surface area contributed by atoms with Crippen molar-refractivity contribution in [2.75, 3.05) is 0 Å². The van der Waals surface area contributed by atoms with Crippen LogP contribution in [0, 0.1) is 116 Å². The molecule has 0 radical (unpaired) electrons. The van der Waals surface area contributed by atoms with Crippen molar-refractivity contribution in [1.29, 1.82) is 0 Å². The smallest absolute Gasteiger partial charge is 0.657 e. The first-order valence-corrected chi connectivity index (χ1v) is 18.2. The van der Waals surface area contributed by atoms with Gasteiger partial charge in [0.1, 0.15) is 0 Å². The summed E-state index contributed by atoms with van der Waals surface area (Å²) in [5, 5.41) is 0. The normalized spacial score (nSPS) is 12.1. The minimum Gasteiger partial charge on any atom is -0.657 e. The third-order valence-electron chi connectivity index (χ3n) is 10.4. The summed E-state index contributed by atoms with van der Waals surface area (Å²) in [6.07, 6.45) is 2.26. The van der Waals surface area contributed by atoms with E-state index >= 15 is 35.1 Å². The van der Waals surface area contributed by atoms with Gasteiger partial charge in [0.25, 0.3) is 0 Å². The topological polar surface area (TPSA) is 54.0 Å². The van der Waals surface area contributed by atoms with Gasteiger partial charge in [-0.3, -0.25) is 0 Å². The average Bonchev–Trinajstić information content (AvgIpc) is 4.18. The Morgan fingerprint density at radius 1 is 0.217 bits per heavy atom. The molecule has 0 saturated carbocycles. The second kappa shape index (κ2) is 17.0. The van der Waals surface area contributed by atoms with Gasteiger partial charge in [0.15, 0.2) is 93.1 Å². The van der Waals surface area contributed by atoms with Gasteiger partial charge in [-0.05, 0) is 46.6 Å². The van der Waals surface area contributed by atoms with Crippen LogP contribution in [0.3, 0.4) is 0 Å². The molecule has 8 bridgehead atoms. The van der Waals surface area contributed by atoms with Crippen LogP contribution in [-0.2, 0) is 16.5 Å². The Hall–Kier alpha value is -7.43. The van der Waals surface area contributed by atoms with E-state index in [1.165, 1.54) is 0 Å². The first-order valence-electron chi connectivity index (χ1n) is 18.2. The molecule has 4 aromatic carbocycles. The number of rotatable bonds is 4. The molecule has 0 atom stereocenters. The molecule has 3 aromatic heterocycles. The van der Waals surface area contributed by atoms with Gasteiger partial charge in [0.05, 0.1) is 45.0 Å². The van der Waals surface area contributed by atoms with Gasteiger partial charge in [0.2, 0.25) is 23.3 Å². The molecule has 0 amide bonds. The molecule has 0 saturated heterocycles. The van der Waals surface area contributed by atoms with Crippen LogP contribution in [0.15, 0.2) is 24.3 Å². The van der Waals surface area contributed by atoms with E-state index < -0.39 is 206 Å². The summed E-state index contributed by atoms with van der Waals surface area (Å²) in [4.78, 5) is 15.6. The predicted octanol–water partition coefficient (Wildman–Crippen LogP) is 13.4. The number of nitrogens with zero attached hydrogens (tertiary/aromatic N) is 4. The van der Waals surface area contributed by atoms with Crippen molar-refractivity contribution < 1.29 is 104 Å². The molecule has 2 aliphatic rings. The second-order valence-corrected chi connectivity index (χ2v) is 14.1. The Morgan fingerprint density at radius 2 is 0.362 bits per heavy atom. The maximum atomic E-state index is 15.8. The van der Waals surface area contributed by atoms with Crippen LogP contribution in [0.1, 0.15) is 22.8 Å². The zero-order valence-electron chi connectivity index (χ0n) is 32.3. The van der Waals surface area contributed by atoms with Gasteiger partial charge >= 0.3 is 16.5 Å². The van der Waals surface area contributed by atoms with E-state index in [9.17, 15) is 52.7 Å². The molecule has 9 rings (SSSR count). The Bertz CT molecular complexity index is 3120. The molecule has 0 N–H and O–H groups in total. The van der Waals surface area contributed by atoms with Gasteiger partial charge in [-0.15, -0.1) is 22.1 Å². The summed E-state index contributed by atoms with van der Waals surface area (Å²) >= 11 is 0. The molecule has 4 nitrogen and oxygen atoms in total. The van der Waals surface area contributed by atoms with Crippen LogP contribution >= 0.6 is 0 Å². The van der Waals surface area contributed by atoms with Crippen molar-refractivity contribution in [3.8, 4) is 44.5 Å². The van der Waals surface area contributed by atoms with Crippen LogP contribution < -0.4 is 9.97 Å². The van der Waals surface area contributed by atoms with E-state index in [4.69, 9.17) is 0 Å². The number of hydrogen-bond acceptors (Lipinski definition) is 2. The predicted molar refractivity (Wildman–Crippen MR) is 198 cm³/mol. The van der Waals surface area contributed by atoms with Crippen molar-refractivity contribution in [3.05, 3.63) is 163 Å². The van der Waals surface area contributed by atoms with Crippen molar-refractivity contribution in [2.24, 2.45) is 0 Å². The van der Waals surface area contributed by atoms with E-state index in [0.29, 0.717) is 48.6 Å². The molecule has 0 spiro atoms. The van der Waals surface area contributed by atoms with Crippen molar-refractivity contribution in [1.82, 2.24) is 19.9 Å². The van der Waals surface area contributed by atoms with Crippen molar-refractivity contribution >= 4 is 46.4 Å². The SMILES string of the molecule is Fc1c(F)c(F)c(-c2c3nc(c(-c4c(F)c(F)c(F)c(F)c4F)c4ccc([n-]4)c(-c4c(F)c(F)c(F)c(F)c4F)c4nc(c(-c5c(F)c(F)c(F)c(F)c5F)c5ccc2[n-]5)C=C4)C=C3)c(F)c1F.[Ni+2]. The molecule has 7 aromatic rings. The van der Waals surface area contributed by atoms with E-state index in [1.807, 2.05) is 0 Å². The first kappa shape index (κ1) is 48.0. The van der Waals surface area contributed by atoms with Gasteiger partial charge in [-0.25, -0.2) is 97.8 Å². The second-order valence-electron chi connectivity index (χ2n) is 14.1. The summed E-state index contributed by atoms with van der Waals surface area (Å²) < 4.78 is 303. The third-order valence-corrected chi connectivity index (χ3v) is 10.4. The van der Waals surface area contributed by atoms with Gasteiger partial charge in [-0.1, -0.05) is 24.3 Å². The van der Waals surface area contributed by atoms with Crippen molar-refractivity contribution in [3.63, 3.8) is 0 Å². The van der Waals surface area contributed by atoms with E-state index in [2.05, 4.69) is 19.9 Å². The third kappa shape index (κ3) is 6.98. The number of halogens is 20. The molecule has 2 aliphatic heterocycles. The molecule has 0 aliphatic carbocycles. The minimum absolute atomic E-state index is 0. The van der Waals surface area contributed by atoms with Gasteiger partial charge in [0, 0.05) is 0 Å². The van der Waals surface area contributed by atoms with Crippen LogP contribution in [0.5, 0.6) is 0 Å². The largest absolute Gasteiger partial charge is 2.00 e. The average molecular weight is 1030 g/mol. The van der Waals surface area contributed by atoms with E-state index in [0.717, 1.165) is 0 Å². The maximum absolute atomic E-state index is 15.8. The zero-order chi connectivity index (χ0) is 49.3. The number of aromatic nitrogens is 4. The van der Waals surface area contributed by atoms with E-state index in [-0.39, 0.29) is 16.5 Å². The fraction of sp³-hybridized carbons (Fsp3) is 0. The zero-order valence-corrected chi connectivity index (χ0v) is 33.3. The van der Waals surface area contributed by atoms with Crippen LogP contribution in [-0.4, -0.2) is 9.97 Å². The van der Waals surface area contributed by atoms with Crippen molar-refractivity contribution in [2.45, 2.75) is 0 Å². The fourth-order valence-electron chi connectivity index (χ4n) is 7.41. The molecule has 0 unspecified atom stereocenters. The van der Waals surface area contributed by atoms with Crippen LogP contribution in [0.4, 0.5) is 87.8 Å². The molecular formula is C44H8F20N4Ni. The maximum Gasteiger partial charge on any atom is 2.00 e. The Balaban J connectivity index is 0.00000642. The minimum atomic E-state index is -2.73.